The van der Waals surface area contributed by atoms with Gasteiger partial charge in [-0.05, 0) is 24.1 Å². The number of nitrogens with zero attached hydrogens (tertiary/aromatic N) is 1. The van der Waals surface area contributed by atoms with E-state index in [0.29, 0.717) is 0 Å². The van der Waals surface area contributed by atoms with Gasteiger partial charge in [0, 0.05) is 6.66 Å². The molecule has 1 rings (SSSR count). The minimum absolute atomic E-state index is 0.0150. The number of nitrogens with one attached hydrogen (secondary N) is 1. The van der Waals surface area contributed by atoms with Gasteiger partial charge in [0.15, 0.2) is 0 Å². The van der Waals surface area contributed by atoms with Crippen LogP contribution in [0.2, 0.25) is 0 Å². The van der Waals surface area contributed by atoms with E-state index in [0.717, 1.165) is 18.8 Å². The number of carbonyl (C=O) groups excluding carboxylic acids is 1. The molecule has 10 heteroatoms. The molecule has 0 aliphatic heterocycles. The Morgan fingerprint density at radius 3 is 2.29 bits per heavy atom. The minimum Gasteiger partial charge on any atom is -0.481 e. The van der Waals surface area contributed by atoms with Gasteiger partial charge in [-0.3, -0.25) is 24.7 Å². The molecular formula is C14H20FN2O6P. The minimum atomic E-state index is -3.75. The quantitative estimate of drug-likeness (QED) is 0.182. The fourth-order valence-electron chi connectivity index (χ4n) is 2.09. The van der Waals surface area contributed by atoms with Crippen LogP contribution in [-0.4, -0.2) is 45.5 Å². The Bertz CT molecular complexity index is 633. The van der Waals surface area contributed by atoms with Crippen molar-refractivity contribution in [3.05, 3.63) is 35.6 Å². The summed E-state index contributed by atoms with van der Waals surface area (Å²) in [5.41, 5.74) is 0.288. The Hall–Kier alpha value is -1.80. The molecule has 24 heavy (non-hydrogen) atoms. The molecule has 0 saturated carbocycles. The van der Waals surface area contributed by atoms with Crippen molar-refractivity contribution in [2.24, 2.45) is 5.92 Å². The highest BCUT2D eigenvalue weighted by Crippen LogP contribution is 2.50. The zero-order valence-electron chi connectivity index (χ0n) is 13.2. The van der Waals surface area contributed by atoms with Crippen molar-refractivity contribution >= 4 is 19.2 Å². The Labute approximate surface area is 138 Å². The second kappa shape index (κ2) is 8.34. The van der Waals surface area contributed by atoms with Gasteiger partial charge in [0.1, 0.15) is 17.5 Å². The molecular weight excluding hydrogens is 342 g/mol. The monoisotopic (exact) mass is 362 g/mol. The molecule has 134 valence electrons. The average molecular weight is 362 g/mol. The number of rotatable bonds is 8. The Kier molecular flexibility index (Phi) is 7.04. The summed E-state index contributed by atoms with van der Waals surface area (Å²) in [4.78, 5) is 32.6. The van der Waals surface area contributed by atoms with Crippen molar-refractivity contribution in [3.63, 3.8) is 0 Å². The van der Waals surface area contributed by atoms with Crippen LogP contribution in [0.5, 0.6) is 0 Å². The second-order valence-corrected chi connectivity index (χ2v) is 7.70. The van der Waals surface area contributed by atoms with Gasteiger partial charge in [0.2, 0.25) is 7.37 Å². The number of carboxylic acid groups (broad SMARTS) is 1. The summed E-state index contributed by atoms with van der Waals surface area (Å²) < 4.78 is 25.0. The van der Waals surface area contributed by atoms with Crippen molar-refractivity contribution < 1.29 is 33.8 Å². The summed E-state index contributed by atoms with van der Waals surface area (Å²) in [5, 5.41) is 21.3. The van der Waals surface area contributed by atoms with Gasteiger partial charge >= 0.3 is 5.97 Å². The van der Waals surface area contributed by atoms with Crippen LogP contribution in [0, 0.1) is 11.7 Å². The number of hydroxylamine groups is 2. The van der Waals surface area contributed by atoms with Crippen LogP contribution >= 0.6 is 7.37 Å². The van der Waals surface area contributed by atoms with Gasteiger partial charge in [-0.1, -0.05) is 19.1 Å². The molecule has 0 radical (unpaired) electrons. The largest absolute Gasteiger partial charge is 0.481 e. The van der Waals surface area contributed by atoms with E-state index in [1.165, 1.54) is 19.1 Å². The molecule has 3 atom stereocenters. The van der Waals surface area contributed by atoms with Crippen LogP contribution in [0.15, 0.2) is 24.3 Å². The Morgan fingerprint density at radius 2 is 1.88 bits per heavy atom. The van der Waals surface area contributed by atoms with Crippen molar-refractivity contribution in [2.75, 3.05) is 13.3 Å². The van der Waals surface area contributed by atoms with E-state index in [9.17, 15) is 28.6 Å². The molecule has 8 nitrogen and oxygen atoms in total. The summed E-state index contributed by atoms with van der Waals surface area (Å²) in [6.45, 7) is 1.99. The zero-order chi connectivity index (χ0) is 18.5. The lowest BCUT2D eigenvalue weighted by Gasteiger charge is -2.25. The van der Waals surface area contributed by atoms with Crippen molar-refractivity contribution in [1.82, 2.24) is 10.4 Å². The van der Waals surface area contributed by atoms with E-state index in [1.807, 2.05) is 0 Å². The highest BCUT2D eigenvalue weighted by Gasteiger charge is 2.31. The maximum absolute atomic E-state index is 13.0. The van der Waals surface area contributed by atoms with Crippen LogP contribution in [0.4, 0.5) is 4.39 Å². The SMILES string of the molecule is CCC(C(=O)O)C(=O)N(O)CNC(c1ccc(F)cc1)P(C)(=O)O. The highest BCUT2D eigenvalue weighted by atomic mass is 31.2. The molecule has 0 heterocycles. The summed E-state index contributed by atoms with van der Waals surface area (Å²) in [7, 11) is -3.75. The summed E-state index contributed by atoms with van der Waals surface area (Å²) >= 11 is 0. The topological polar surface area (TPSA) is 127 Å². The van der Waals surface area contributed by atoms with Gasteiger partial charge in [-0.2, -0.15) is 0 Å². The molecule has 0 aliphatic rings. The van der Waals surface area contributed by atoms with Crippen LogP contribution in [0.3, 0.4) is 0 Å². The first-order valence-electron chi connectivity index (χ1n) is 7.09. The predicted molar refractivity (Wildman–Crippen MR) is 82.9 cm³/mol. The normalized spacial score (nSPS) is 16.0. The maximum atomic E-state index is 13.0. The van der Waals surface area contributed by atoms with Crippen LogP contribution in [-0.2, 0) is 14.2 Å². The van der Waals surface area contributed by atoms with Gasteiger partial charge < -0.3 is 10.00 Å². The molecule has 0 aliphatic carbocycles. The fraction of sp³-hybridized carbons (Fsp3) is 0.429. The van der Waals surface area contributed by atoms with E-state index >= 15 is 0 Å². The van der Waals surface area contributed by atoms with E-state index < -0.39 is 43.4 Å². The third-order valence-electron chi connectivity index (χ3n) is 3.36. The molecule has 1 amide bonds. The Morgan fingerprint density at radius 1 is 1.33 bits per heavy atom. The average Bonchev–Trinajstić information content (AvgIpc) is 2.47. The Balaban J connectivity index is 2.86. The standard InChI is InChI=1S/C14H20FN2O6P/c1-3-11(14(19)20)13(18)17(21)8-16-12(24(2,22)23)9-4-6-10(15)7-5-9/h4-7,11-12,16,21H,3,8H2,1-2H3,(H,19,20)(H,22,23). The number of aliphatic carboxylic acids is 1. The summed E-state index contributed by atoms with van der Waals surface area (Å²) in [5.74, 6) is -5.51. The van der Waals surface area contributed by atoms with Crippen LogP contribution in [0.1, 0.15) is 24.7 Å². The lowest BCUT2D eigenvalue weighted by molar-refractivity contribution is -0.176. The van der Waals surface area contributed by atoms with E-state index in [2.05, 4.69) is 5.32 Å². The molecule has 3 unspecified atom stereocenters. The highest BCUT2D eigenvalue weighted by molar-refractivity contribution is 7.57. The molecule has 0 spiro atoms. The van der Waals surface area contributed by atoms with Gasteiger partial charge in [-0.25, -0.2) is 9.45 Å². The third-order valence-corrected chi connectivity index (χ3v) is 4.80. The van der Waals surface area contributed by atoms with Crippen molar-refractivity contribution in [2.45, 2.75) is 19.1 Å². The number of benzene rings is 1. The van der Waals surface area contributed by atoms with E-state index in [1.54, 1.807) is 0 Å². The maximum Gasteiger partial charge on any atom is 0.316 e. The van der Waals surface area contributed by atoms with Gasteiger partial charge in [0.05, 0.1) is 6.67 Å². The van der Waals surface area contributed by atoms with Gasteiger partial charge in [0.25, 0.3) is 5.91 Å². The second-order valence-electron chi connectivity index (χ2n) is 5.30. The third kappa shape index (κ3) is 5.38. The molecule has 1 aromatic carbocycles. The fourth-order valence-corrected chi connectivity index (χ4v) is 3.24. The van der Waals surface area contributed by atoms with E-state index in [4.69, 9.17) is 5.11 Å². The predicted octanol–water partition coefficient (Wildman–Crippen LogP) is 1.60. The first kappa shape index (κ1) is 20.2. The smallest absolute Gasteiger partial charge is 0.316 e. The number of amides is 1. The van der Waals surface area contributed by atoms with E-state index in [-0.39, 0.29) is 17.0 Å². The van der Waals surface area contributed by atoms with Crippen molar-refractivity contribution in [1.29, 1.82) is 0 Å². The van der Waals surface area contributed by atoms with Gasteiger partial charge in [-0.15, -0.1) is 0 Å². The van der Waals surface area contributed by atoms with Crippen LogP contribution < -0.4 is 5.32 Å². The van der Waals surface area contributed by atoms with Crippen molar-refractivity contribution in [3.8, 4) is 0 Å². The number of hydrogen-bond donors (Lipinski definition) is 4. The summed E-state index contributed by atoms with van der Waals surface area (Å²) in [6, 6.07) is 4.82. The molecule has 1 aromatic rings. The zero-order valence-corrected chi connectivity index (χ0v) is 14.1. The van der Waals surface area contributed by atoms with Crippen LogP contribution in [0.25, 0.3) is 0 Å². The number of carbonyl (C=O) groups is 2. The molecule has 0 saturated heterocycles. The number of carboxylic acids is 1. The molecule has 0 bridgehead atoms. The lowest BCUT2D eigenvalue weighted by atomic mass is 10.1. The summed E-state index contributed by atoms with van der Waals surface area (Å²) in [6.07, 6.45) is -0.0150. The number of hydrogen-bond acceptors (Lipinski definition) is 5. The molecule has 0 fully saturated rings. The number of halogens is 1. The first-order chi connectivity index (χ1) is 11.1. The first-order valence-corrected chi connectivity index (χ1v) is 9.27. The lowest BCUT2D eigenvalue weighted by Crippen LogP contribution is -2.43. The molecule has 0 aromatic heterocycles. The molecule has 4 N–H and O–H groups in total.